The molecular formula is C33H40N4O4S. The van der Waals surface area contributed by atoms with Crippen LogP contribution in [-0.4, -0.2) is 56.7 Å². The van der Waals surface area contributed by atoms with Gasteiger partial charge in [-0.25, -0.2) is 4.79 Å². The van der Waals surface area contributed by atoms with E-state index in [1.54, 1.807) is 6.07 Å². The monoisotopic (exact) mass is 588 g/mol. The molecule has 4 amide bonds. The molecule has 0 saturated carbocycles. The summed E-state index contributed by atoms with van der Waals surface area (Å²) in [5.41, 5.74) is 5.66. The van der Waals surface area contributed by atoms with Crippen molar-refractivity contribution < 1.29 is 19.5 Å². The topological polar surface area (TPSA) is 111 Å². The molecule has 9 heteroatoms. The van der Waals surface area contributed by atoms with Crippen LogP contribution in [0.5, 0.6) is 0 Å². The van der Waals surface area contributed by atoms with E-state index >= 15 is 0 Å². The molecule has 3 atom stereocenters. The van der Waals surface area contributed by atoms with Gasteiger partial charge in [0.1, 0.15) is 6.04 Å². The average Bonchev–Trinajstić information content (AvgIpc) is 3.28. The number of nitrogens with one attached hydrogen (secondary N) is 3. The minimum atomic E-state index is -1.57. The van der Waals surface area contributed by atoms with Crippen molar-refractivity contribution in [1.29, 1.82) is 0 Å². The van der Waals surface area contributed by atoms with Crippen molar-refractivity contribution in [1.82, 2.24) is 15.5 Å². The van der Waals surface area contributed by atoms with Gasteiger partial charge in [0.05, 0.1) is 11.9 Å². The van der Waals surface area contributed by atoms with Crippen molar-refractivity contribution in [2.75, 3.05) is 11.2 Å². The molecule has 4 N–H and O–H groups in total. The molecule has 3 aromatic carbocycles. The zero-order valence-electron chi connectivity index (χ0n) is 24.8. The maximum atomic E-state index is 13.8. The first kappa shape index (κ1) is 31.1. The highest BCUT2D eigenvalue weighted by Gasteiger charge is 2.49. The van der Waals surface area contributed by atoms with Crippen molar-refractivity contribution >= 4 is 35.3 Å². The first-order valence-electron chi connectivity index (χ1n) is 14.1. The van der Waals surface area contributed by atoms with Gasteiger partial charge in [0, 0.05) is 17.0 Å². The Bertz CT molecular complexity index is 1430. The molecule has 0 radical (unpaired) electrons. The molecule has 4 rings (SSSR count). The molecule has 0 bridgehead atoms. The van der Waals surface area contributed by atoms with Crippen molar-refractivity contribution in [3.8, 4) is 0 Å². The van der Waals surface area contributed by atoms with Gasteiger partial charge >= 0.3 is 6.03 Å². The van der Waals surface area contributed by atoms with Crippen LogP contribution in [-0.2, 0) is 22.6 Å². The van der Waals surface area contributed by atoms with E-state index in [-0.39, 0.29) is 18.2 Å². The number of urea groups is 1. The summed E-state index contributed by atoms with van der Waals surface area (Å²) in [4.78, 5) is 41.8. The predicted molar refractivity (Wildman–Crippen MR) is 168 cm³/mol. The van der Waals surface area contributed by atoms with Crippen LogP contribution in [0.3, 0.4) is 0 Å². The molecule has 1 aliphatic heterocycles. The van der Waals surface area contributed by atoms with Crippen LogP contribution in [0, 0.1) is 20.8 Å². The van der Waals surface area contributed by atoms with Gasteiger partial charge in [-0.15, -0.1) is 11.8 Å². The van der Waals surface area contributed by atoms with Gasteiger partial charge in [-0.2, -0.15) is 0 Å². The normalized spacial score (nSPS) is 17.3. The highest BCUT2D eigenvalue weighted by atomic mass is 32.2. The lowest BCUT2D eigenvalue weighted by Crippen LogP contribution is -2.59. The Morgan fingerprint density at radius 2 is 1.64 bits per heavy atom. The minimum Gasteiger partial charge on any atom is -0.381 e. The lowest BCUT2D eigenvalue weighted by molar-refractivity contribution is -0.147. The Kier molecular flexibility index (Phi) is 9.96. The van der Waals surface area contributed by atoms with E-state index in [1.807, 2.05) is 101 Å². The molecule has 0 spiro atoms. The van der Waals surface area contributed by atoms with Gasteiger partial charge in [-0.1, -0.05) is 60.7 Å². The number of amides is 4. The van der Waals surface area contributed by atoms with Crippen LogP contribution >= 0.6 is 11.8 Å². The van der Waals surface area contributed by atoms with E-state index in [4.69, 9.17) is 0 Å². The number of carbonyl (C=O) groups excluding carboxylic acids is 3. The third-order valence-corrected chi connectivity index (χ3v) is 9.18. The SMILES string of the molecule is Cc1ccc(NC(=O)NC(Cc2ccccc2)C(O)C(=O)N2CSC(C)(C)C2C(=O)NCc2ccccc2C)cc1C. The molecule has 0 aliphatic carbocycles. The first-order chi connectivity index (χ1) is 20.0. The molecule has 42 heavy (non-hydrogen) atoms. The molecule has 1 aliphatic rings. The summed E-state index contributed by atoms with van der Waals surface area (Å²) < 4.78 is -0.575. The van der Waals surface area contributed by atoms with Crippen molar-refractivity contribution in [2.24, 2.45) is 0 Å². The molecule has 8 nitrogen and oxygen atoms in total. The molecule has 1 saturated heterocycles. The van der Waals surface area contributed by atoms with E-state index < -0.39 is 34.9 Å². The maximum absolute atomic E-state index is 13.8. The number of hydrogen-bond donors (Lipinski definition) is 4. The predicted octanol–water partition coefficient (Wildman–Crippen LogP) is 4.70. The highest BCUT2D eigenvalue weighted by molar-refractivity contribution is 8.00. The van der Waals surface area contributed by atoms with E-state index in [0.717, 1.165) is 27.8 Å². The van der Waals surface area contributed by atoms with Crippen LogP contribution in [0.15, 0.2) is 72.8 Å². The Hall–Kier alpha value is -3.82. The summed E-state index contributed by atoms with van der Waals surface area (Å²) in [5.74, 6) is -0.636. The fourth-order valence-electron chi connectivity index (χ4n) is 5.11. The third-order valence-electron chi connectivity index (χ3n) is 7.81. The van der Waals surface area contributed by atoms with Crippen molar-refractivity contribution in [2.45, 2.75) is 70.5 Å². The Morgan fingerprint density at radius 1 is 0.952 bits per heavy atom. The number of hydrogen-bond acceptors (Lipinski definition) is 5. The van der Waals surface area contributed by atoms with E-state index in [9.17, 15) is 19.5 Å². The van der Waals surface area contributed by atoms with Gasteiger partial charge < -0.3 is 26.0 Å². The lowest BCUT2D eigenvalue weighted by atomic mass is 9.97. The second-order valence-electron chi connectivity index (χ2n) is 11.4. The highest BCUT2D eigenvalue weighted by Crippen LogP contribution is 2.40. The van der Waals surface area contributed by atoms with E-state index in [1.165, 1.54) is 16.7 Å². The van der Waals surface area contributed by atoms with Crippen LogP contribution in [0.2, 0.25) is 0 Å². The summed E-state index contributed by atoms with van der Waals surface area (Å²) in [6.07, 6.45) is -1.35. The molecule has 1 fully saturated rings. The average molecular weight is 589 g/mol. The number of anilines is 1. The molecular weight excluding hydrogens is 548 g/mol. The number of aryl methyl sites for hydroxylation is 3. The van der Waals surface area contributed by atoms with E-state index in [2.05, 4.69) is 16.0 Å². The molecule has 3 unspecified atom stereocenters. The number of carbonyl (C=O) groups is 3. The molecule has 222 valence electrons. The Morgan fingerprint density at radius 3 is 2.33 bits per heavy atom. The fourth-order valence-corrected chi connectivity index (χ4v) is 6.25. The van der Waals surface area contributed by atoms with Crippen molar-refractivity contribution in [3.63, 3.8) is 0 Å². The van der Waals surface area contributed by atoms with Gasteiger partial charge in [0.2, 0.25) is 5.91 Å². The van der Waals surface area contributed by atoms with Gasteiger partial charge in [0.15, 0.2) is 6.10 Å². The molecule has 1 heterocycles. The lowest BCUT2D eigenvalue weighted by Gasteiger charge is -2.33. The van der Waals surface area contributed by atoms with Gasteiger partial charge in [0.25, 0.3) is 5.91 Å². The van der Waals surface area contributed by atoms with E-state index in [0.29, 0.717) is 12.2 Å². The summed E-state index contributed by atoms with van der Waals surface area (Å²) in [7, 11) is 0. The van der Waals surface area contributed by atoms with Gasteiger partial charge in [-0.3, -0.25) is 9.59 Å². The summed E-state index contributed by atoms with van der Waals surface area (Å²) in [6.45, 7) is 10.1. The Balaban J connectivity index is 1.51. The third kappa shape index (κ3) is 7.52. The summed E-state index contributed by atoms with van der Waals surface area (Å²) >= 11 is 1.48. The summed E-state index contributed by atoms with van der Waals surface area (Å²) in [5, 5.41) is 20.1. The van der Waals surface area contributed by atoms with Crippen LogP contribution in [0.4, 0.5) is 10.5 Å². The number of aliphatic hydroxyl groups excluding tert-OH is 1. The van der Waals surface area contributed by atoms with Crippen LogP contribution in [0.1, 0.15) is 41.7 Å². The van der Waals surface area contributed by atoms with Crippen LogP contribution in [0.25, 0.3) is 0 Å². The summed E-state index contributed by atoms with van der Waals surface area (Å²) in [6, 6.07) is 20.5. The quantitative estimate of drug-likeness (QED) is 0.290. The first-order valence-corrected chi connectivity index (χ1v) is 15.1. The number of nitrogens with zero attached hydrogens (tertiary/aromatic N) is 1. The van der Waals surface area contributed by atoms with Crippen LogP contribution < -0.4 is 16.0 Å². The number of rotatable bonds is 9. The smallest absolute Gasteiger partial charge is 0.319 e. The second kappa shape index (κ2) is 13.4. The Labute approximate surface area is 252 Å². The second-order valence-corrected chi connectivity index (χ2v) is 13.0. The zero-order valence-corrected chi connectivity index (χ0v) is 25.6. The largest absolute Gasteiger partial charge is 0.381 e. The zero-order chi connectivity index (χ0) is 30.4. The number of aliphatic hydroxyl groups is 1. The maximum Gasteiger partial charge on any atom is 0.319 e. The fraction of sp³-hybridized carbons (Fsp3) is 0.364. The number of benzene rings is 3. The molecule has 3 aromatic rings. The standard InChI is InChI=1S/C33H40N4O4S/c1-21-15-16-26(17-23(21)3)35-32(41)36-27(18-24-12-7-6-8-13-24)28(38)31(40)37-20-42-33(4,5)29(37)30(39)34-19-25-14-10-9-11-22(25)2/h6-17,27-29,38H,18-20H2,1-5H3,(H,34,39)(H2,35,36,41). The minimum absolute atomic E-state index is 0.225. The van der Waals surface area contributed by atoms with Crippen molar-refractivity contribution in [3.05, 3.63) is 101 Å². The van der Waals surface area contributed by atoms with Gasteiger partial charge in [-0.05, 0) is 81.0 Å². The molecule has 0 aromatic heterocycles. The number of thioether (sulfide) groups is 1.